The number of carbonyl (C=O) groups is 4. The summed E-state index contributed by atoms with van der Waals surface area (Å²) in [5.41, 5.74) is 1.12. The van der Waals surface area contributed by atoms with Crippen LogP contribution in [0.15, 0.2) is 73.2 Å². The summed E-state index contributed by atoms with van der Waals surface area (Å²) < 4.78 is 12.9. The molecule has 11 heteroatoms. The van der Waals surface area contributed by atoms with Crippen LogP contribution >= 0.6 is 0 Å². The van der Waals surface area contributed by atoms with Crippen molar-refractivity contribution in [1.82, 2.24) is 25.1 Å². The second kappa shape index (κ2) is 15.9. The molecule has 1 aliphatic rings. The molecule has 4 rings (SSSR count). The lowest BCUT2D eigenvalue weighted by molar-refractivity contribution is -0.132. The van der Waals surface area contributed by atoms with E-state index in [9.17, 15) is 19.2 Å². The highest BCUT2D eigenvalue weighted by molar-refractivity contribution is 6.01. The van der Waals surface area contributed by atoms with Crippen LogP contribution in [0.5, 0.6) is 0 Å². The van der Waals surface area contributed by atoms with Crippen LogP contribution in [0.3, 0.4) is 0 Å². The predicted octanol–water partition coefficient (Wildman–Crippen LogP) is 4.99. The highest BCUT2D eigenvalue weighted by Crippen LogP contribution is 2.26. The molecule has 48 heavy (non-hydrogen) atoms. The average molecular weight is 658 g/mol. The van der Waals surface area contributed by atoms with Gasteiger partial charge in [-0.05, 0) is 83.2 Å². The topological polar surface area (TPSA) is 132 Å². The monoisotopic (exact) mass is 657 g/mol. The van der Waals surface area contributed by atoms with E-state index in [0.29, 0.717) is 5.69 Å². The van der Waals surface area contributed by atoms with Gasteiger partial charge in [-0.25, -0.2) is 9.78 Å². The van der Waals surface area contributed by atoms with Crippen molar-refractivity contribution >= 4 is 29.8 Å². The number of ether oxygens (including phenoxy) is 2. The summed E-state index contributed by atoms with van der Waals surface area (Å²) in [5.74, 6) is -1.01. The first-order valence-corrected chi connectivity index (χ1v) is 16.3. The van der Waals surface area contributed by atoms with Crippen molar-refractivity contribution in [2.45, 2.75) is 84.2 Å². The molecule has 0 saturated carbocycles. The Kier molecular flexibility index (Phi) is 11.9. The molecule has 1 saturated heterocycles. The largest absolute Gasteiger partial charge is 0.444 e. The number of imidazole rings is 1. The van der Waals surface area contributed by atoms with Crippen molar-refractivity contribution in [3.63, 3.8) is 0 Å². The molecule has 2 heterocycles. The second-order valence-corrected chi connectivity index (χ2v) is 13.6. The maximum absolute atomic E-state index is 13.7. The van der Waals surface area contributed by atoms with Gasteiger partial charge in [-0.15, -0.1) is 0 Å². The summed E-state index contributed by atoms with van der Waals surface area (Å²) in [6, 6.07) is 15.6. The van der Waals surface area contributed by atoms with E-state index in [4.69, 9.17) is 9.47 Å². The fraction of sp³-hybridized carbons (Fsp3) is 0.432. The number of aryl methyl sites for hydroxylation is 1. The Labute approximate surface area is 282 Å². The highest BCUT2D eigenvalue weighted by Gasteiger charge is 2.34. The molecule has 1 aliphatic heterocycles. The molecule has 1 unspecified atom stereocenters. The number of ketones is 1. The fourth-order valence-corrected chi connectivity index (χ4v) is 5.31. The molecule has 256 valence electrons. The van der Waals surface area contributed by atoms with Gasteiger partial charge in [0.25, 0.3) is 0 Å². The van der Waals surface area contributed by atoms with Gasteiger partial charge in [0, 0.05) is 19.3 Å². The van der Waals surface area contributed by atoms with Crippen molar-refractivity contribution in [2.24, 2.45) is 0 Å². The number of hydrogen-bond acceptors (Lipinski definition) is 7. The zero-order chi connectivity index (χ0) is 34.9. The van der Waals surface area contributed by atoms with Gasteiger partial charge in [0.2, 0.25) is 11.8 Å². The van der Waals surface area contributed by atoms with E-state index in [-0.39, 0.29) is 19.1 Å². The van der Waals surface area contributed by atoms with E-state index in [1.54, 1.807) is 43.9 Å². The number of aromatic nitrogens is 2. The number of benzene rings is 2. The van der Waals surface area contributed by atoms with Gasteiger partial charge in [-0.3, -0.25) is 14.4 Å². The lowest BCUT2D eigenvalue weighted by atomic mass is 10.00. The van der Waals surface area contributed by atoms with Crippen molar-refractivity contribution in [3.8, 4) is 0 Å². The Morgan fingerprint density at radius 2 is 1.62 bits per heavy atom. The molecule has 11 nitrogen and oxygen atoms in total. The number of hydrogen-bond donors (Lipinski definition) is 2. The summed E-state index contributed by atoms with van der Waals surface area (Å²) in [7, 11) is 0. The van der Waals surface area contributed by atoms with E-state index >= 15 is 0 Å². The first-order valence-electron chi connectivity index (χ1n) is 16.3. The second-order valence-electron chi connectivity index (χ2n) is 13.6. The van der Waals surface area contributed by atoms with E-state index < -0.39 is 41.0 Å². The maximum atomic E-state index is 13.7. The smallest absolute Gasteiger partial charge is 0.408 e. The molecule has 1 fully saturated rings. The van der Waals surface area contributed by atoms with Gasteiger partial charge in [0.05, 0.1) is 25.2 Å². The zero-order valence-electron chi connectivity index (χ0n) is 28.7. The fourth-order valence-electron chi connectivity index (χ4n) is 5.31. The molecule has 3 amide bonds. The third kappa shape index (κ3) is 10.1. The summed E-state index contributed by atoms with van der Waals surface area (Å²) in [6.07, 6.45) is 7.43. The van der Waals surface area contributed by atoms with Crippen molar-refractivity contribution in [1.29, 1.82) is 0 Å². The molecule has 0 spiro atoms. The van der Waals surface area contributed by atoms with Crippen LogP contribution in [-0.4, -0.2) is 75.0 Å². The van der Waals surface area contributed by atoms with Gasteiger partial charge in [-0.1, -0.05) is 54.6 Å². The minimum absolute atomic E-state index is 0.00625. The molecule has 2 N–H and O–H groups in total. The molecular weight excluding hydrogens is 610 g/mol. The number of amides is 3. The Bertz CT molecular complexity index is 1600. The summed E-state index contributed by atoms with van der Waals surface area (Å²) in [5, 5.41) is 5.30. The van der Waals surface area contributed by atoms with Gasteiger partial charge >= 0.3 is 6.09 Å². The molecule has 3 aromatic rings. The number of nitrogens with one attached hydrogen (secondary N) is 2. The molecule has 2 atom stereocenters. The van der Waals surface area contributed by atoms with Crippen molar-refractivity contribution in [3.05, 3.63) is 95.6 Å². The van der Waals surface area contributed by atoms with Crippen LogP contribution in [0.25, 0.3) is 6.08 Å². The predicted molar refractivity (Wildman–Crippen MR) is 183 cm³/mol. The minimum atomic E-state index is -1.39. The molecular formula is C37H47N5O6. The SMILES string of the molecule is Cc1ccccc1C(C(=O)N1CCCC1)n1cnc(C=CC(=O)[C@@H](COCc2ccccc2)NC(=O)C(C)(C)NC(=O)OC(C)(C)C)c1. The Balaban J connectivity index is 1.51. The average Bonchev–Trinajstić information content (AvgIpc) is 3.73. The van der Waals surface area contributed by atoms with Crippen molar-refractivity contribution < 1.29 is 28.7 Å². The summed E-state index contributed by atoms with van der Waals surface area (Å²) >= 11 is 0. The van der Waals surface area contributed by atoms with Crippen LogP contribution < -0.4 is 10.6 Å². The Morgan fingerprint density at radius 3 is 2.29 bits per heavy atom. The van der Waals surface area contributed by atoms with Crippen LogP contribution in [0.4, 0.5) is 4.79 Å². The quantitative estimate of drug-likeness (QED) is 0.248. The lowest BCUT2D eigenvalue weighted by Gasteiger charge is -2.29. The number of alkyl carbamates (subject to hydrolysis) is 1. The summed E-state index contributed by atoms with van der Waals surface area (Å²) in [6.45, 7) is 11.8. The Hall–Kier alpha value is -4.77. The molecule has 0 aliphatic carbocycles. The molecule has 2 aromatic carbocycles. The van der Waals surface area contributed by atoms with Crippen LogP contribution in [0.1, 0.15) is 75.9 Å². The third-order valence-electron chi connectivity index (χ3n) is 7.90. The first-order chi connectivity index (χ1) is 22.7. The molecule has 0 bridgehead atoms. The number of carbonyl (C=O) groups excluding carboxylic acids is 4. The van der Waals surface area contributed by atoms with Gasteiger partial charge in [-0.2, -0.15) is 0 Å². The number of rotatable bonds is 13. The molecule has 0 radical (unpaired) electrons. The third-order valence-corrected chi connectivity index (χ3v) is 7.90. The standard InChI is InChI=1S/C37H47N5O6/c1-26-14-10-11-17-29(26)32(33(44)41-20-12-13-21-41)42-22-28(38-25-42)18-19-31(43)30(24-47-23-27-15-8-7-9-16-27)39-34(45)37(5,6)40-35(46)48-36(2,3)4/h7-11,14-19,22,25,30,32H,12-13,20-21,23-24H2,1-6H3,(H,39,45)(H,40,46)/t30-,32?/m1/s1. The van der Waals surface area contributed by atoms with Gasteiger partial charge < -0.3 is 29.6 Å². The van der Waals surface area contributed by atoms with Gasteiger partial charge in [0.15, 0.2) is 5.78 Å². The first kappa shape index (κ1) is 36.1. The zero-order valence-corrected chi connectivity index (χ0v) is 28.7. The number of nitrogens with zero attached hydrogens (tertiary/aromatic N) is 3. The van der Waals surface area contributed by atoms with Crippen LogP contribution in [0.2, 0.25) is 0 Å². The Morgan fingerprint density at radius 1 is 0.958 bits per heavy atom. The van der Waals surface area contributed by atoms with Crippen molar-refractivity contribution in [2.75, 3.05) is 19.7 Å². The normalized spacial score (nSPS) is 14.8. The summed E-state index contributed by atoms with van der Waals surface area (Å²) in [4.78, 5) is 59.3. The van der Waals surface area contributed by atoms with Gasteiger partial charge in [0.1, 0.15) is 23.2 Å². The molecule has 1 aromatic heterocycles. The van der Waals surface area contributed by atoms with Crippen LogP contribution in [0, 0.1) is 6.92 Å². The lowest BCUT2D eigenvalue weighted by Crippen LogP contribution is -2.59. The van der Waals surface area contributed by atoms with E-state index in [0.717, 1.165) is 42.6 Å². The van der Waals surface area contributed by atoms with E-state index in [2.05, 4.69) is 15.6 Å². The van der Waals surface area contributed by atoms with Crippen LogP contribution in [-0.2, 0) is 30.5 Å². The highest BCUT2D eigenvalue weighted by atomic mass is 16.6. The van der Waals surface area contributed by atoms with E-state index in [1.165, 1.54) is 19.9 Å². The minimum Gasteiger partial charge on any atom is -0.444 e. The van der Waals surface area contributed by atoms with E-state index in [1.807, 2.05) is 66.4 Å². The maximum Gasteiger partial charge on any atom is 0.408 e. The number of likely N-dealkylation sites (tertiary alicyclic amines) is 1.